The molecule has 6 heteroatoms. The minimum Gasteiger partial charge on any atom is -0.444 e. The lowest BCUT2D eigenvalue weighted by Gasteiger charge is -2.23. The molecule has 0 radical (unpaired) electrons. The number of rotatable bonds is 5. The lowest BCUT2D eigenvalue weighted by Crippen LogP contribution is -2.34. The van der Waals surface area contributed by atoms with Gasteiger partial charge < -0.3 is 19.4 Å². The van der Waals surface area contributed by atoms with Crippen molar-refractivity contribution in [1.82, 2.24) is 14.9 Å². The first-order chi connectivity index (χ1) is 9.24. The average Bonchev–Trinajstić information content (AvgIpc) is 2.75. The maximum atomic E-state index is 11.8. The monoisotopic (exact) mass is 283 g/mol. The minimum absolute atomic E-state index is 0.153. The molecule has 0 aliphatic heterocycles. The molecule has 6 nitrogen and oxygen atoms in total. The fourth-order valence-electron chi connectivity index (χ4n) is 1.90. The lowest BCUT2D eigenvalue weighted by atomic mass is 10.2. The number of ether oxygens (including phenoxy) is 2. The first-order valence-electron chi connectivity index (χ1n) is 6.74. The zero-order valence-corrected chi connectivity index (χ0v) is 13.1. The largest absolute Gasteiger partial charge is 0.444 e. The van der Waals surface area contributed by atoms with Gasteiger partial charge in [0.25, 0.3) is 0 Å². The first kappa shape index (κ1) is 16.5. The fraction of sp³-hybridized carbons (Fsp3) is 0.714. The van der Waals surface area contributed by atoms with Gasteiger partial charge in [0, 0.05) is 7.11 Å². The minimum atomic E-state index is -0.507. The Morgan fingerprint density at radius 2 is 2.10 bits per heavy atom. The van der Waals surface area contributed by atoms with Gasteiger partial charge in [0.15, 0.2) is 0 Å². The molecule has 1 heterocycles. The molecule has 2 atom stereocenters. The average molecular weight is 283 g/mol. The molecule has 114 valence electrons. The Hall–Kier alpha value is -1.56. The van der Waals surface area contributed by atoms with Gasteiger partial charge >= 0.3 is 6.09 Å². The smallest absolute Gasteiger partial charge is 0.408 e. The maximum Gasteiger partial charge on any atom is 0.408 e. The van der Waals surface area contributed by atoms with E-state index in [1.54, 1.807) is 19.6 Å². The van der Waals surface area contributed by atoms with Crippen LogP contribution in [0.2, 0.25) is 0 Å². The van der Waals surface area contributed by atoms with Crippen molar-refractivity contribution in [2.45, 2.75) is 52.3 Å². The van der Waals surface area contributed by atoms with Crippen LogP contribution in [0.4, 0.5) is 4.79 Å². The first-order valence-corrected chi connectivity index (χ1v) is 6.74. The van der Waals surface area contributed by atoms with E-state index in [9.17, 15) is 4.79 Å². The normalized spacial score (nSPS) is 14.7. The quantitative estimate of drug-likeness (QED) is 0.902. The molecule has 0 aliphatic carbocycles. The molecular weight excluding hydrogens is 258 g/mol. The highest BCUT2D eigenvalue weighted by atomic mass is 16.6. The lowest BCUT2D eigenvalue weighted by molar-refractivity contribution is 0.0505. The van der Waals surface area contributed by atoms with E-state index in [2.05, 4.69) is 10.3 Å². The third-order valence-electron chi connectivity index (χ3n) is 2.76. The van der Waals surface area contributed by atoms with Gasteiger partial charge in [-0.3, -0.25) is 0 Å². The Bertz CT molecular complexity index is 437. The standard InChI is InChI=1S/C14H25N3O3/c1-10(8-19-6)17-9-15-7-12(17)11(2)16-13(18)20-14(3,4)5/h7,9-11H,8H2,1-6H3,(H,16,18)/t10?,11-/m1/s1. The van der Waals surface area contributed by atoms with Crippen molar-refractivity contribution in [3.63, 3.8) is 0 Å². The molecule has 20 heavy (non-hydrogen) atoms. The summed E-state index contributed by atoms with van der Waals surface area (Å²) in [5.74, 6) is 0. The van der Waals surface area contributed by atoms with E-state index in [4.69, 9.17) is 9.47 Å². The second-order valence-electron chi connectivity index (χ2n) is 5.90. The van der Waals surface area contributed by atoms with Crippen molar-refractivity contribution in [3.05, 3.63) is 18.2 Å². The van der Waals surface area contributed by atoms with Gasteiger partial charge in [-0.1, -0.05) is 0 Å². The zero-order chi connectivity index (χ0) is 15.3. The van der Waals surface area contributed by atoms with Crippen LogP contribution in [0.25, 0.3) is 0 Å². The van der Waals surface area contributed by atoms with Crippen molar-refractivity contribution in [1.29, 1.82) is 0 Å². The number of hydrogen-bond acceptors (Lipinski definition) is 4. The summed E-state index contributed by atoms with van der Waals surface area (Å²) < 4.78 is 12.4. The topological polar surface area (TPSA) is 65.4 Å². The molecule has 1 amide bonds. The number of nitrogens with zero attached hydrogens (tertiary/aromatic N) is 2. The number of imidazole rings is 1. The number of carbonyl (C=O) groups is 1. The van der Waals surface area contributed by atoms with Crippen LogP contribution in [-0.2, 0) is 9.47 Å². The molecule has 0 aliphatic rings. The SMILES string of the molecule is COCC(C)n1cncc1[C@@H](C)NC(=O)OC(C)(C)C. The summed E-state index contributed by atoms with van der Waals surface area (Å²) in [5, 5.41) is 2.81. The molecular formula is C14H25N3O3. The predicted octanol–water partition coefficient (Wildman–Crippen LogP) is 2.68. The molecule has 0 spiro atoms. The van der Waals surface area contributed by atoms with E-state index >= 15 is 0 Å². The molecule has 0 aromatic carbocycles. The molecule has 0 saturated heterocycles. The number of hydrogen-bond donors (Lipinski definition) is 1. The second-order valence-corrected chi connectivity index (χ2v) is 5.90. The summed E-state index contributed by atoms with van der Waals surface area (Å²) >= 11 is 0. The maximum absolute atomic E-state index is 11.8. The van der Waals surface area contributed by atoms with E-state index in [0.29, 0.717) is 6.61 Å². The van der Waals surface area contributed by atoms with Crippen molar-refractivity contribution in [2.24, 2.45) is 0 Å². The summed E-state index contributed by atoms with van der Waals surface area (Å²) in [6.45, 7) is 10.0. The summed E-state index contributed by atoms with van der Waals surface area (Å²) in [6.07, 6.45) is 3.05. The molecule has 1 unspecified atom stereocenters. The Balaban J connectivity index is 2.71. The number of carbonyl (C=O) groups excluding carboxylic acids is 1. The van der Waals surface area contributed by atoms with E-state index in [1.807, 2.05) is 39.2 Å². The molecule has 0 saturated carbocycles. The highest BCUT2D eigenvalue weighted by molar-refractivity contribution is 5.68. The number of alkyl carbamates (subject to hydrolysis) is 1. The summed E-state index contributed by atoms with van der Waals surface area (Å²) in [7, 11) is 1.66. The Labute approximate surface area is 120 Å². The van der Waals surface area contributed by atoms with Crippen molar-refractivity contribution < 1.29 is 14.3 Å². The molecule has 0 bridgehead atoms. The predicted molar refractivity (Wildman–Crippen MR) is 76.6 cm³/mol. The van der Waals surface area contributed by atoms with Crippen LogP contribution in [0.3, 0.4) is 0 Å². The van der Waals surface area contributed by atoms with Crippen molar-refractivity contribution in [3.8, 4) is 0 Å². The van der Waals surface area contributed by atoms with Crippen molar-refractivity contribution >= 4 is 6.09 Å². The number of nitrogens with one attached hydrogen (secondary N) is 1. The Morgan fingerprint density at radius 3 is 2.65 bits per heavy atom. The molecule has 1 aromatic rings. The molecule has 1 N–H and O–H groups in total. The van der Waals surface area contributed by atoms with Crippen LogP contribution in [0.1, 0.15) is 52.4 Å². The third kappa shape index (κ3) is 4.85. The number of methoxy groups -OCH3 is 1. The summed E-state index contributed by atoms with van der Waals surface area (Å²) in [5.41, 5.74) is 0.410. The molecule has 1 rings (SSSR count). The third-order valence-corrected chi connectivity index (χ3v) is 2.76. The van der Waals surface area contributed by atoms with Crippen LogP contribution in [0, 0.1) is 0 Å². The van der Waals surface area contributed by atoms with Crippen LogP contribution < -0.4 is 5.32 Å². The zero-order valence-electron chi connectivity index (χ0n) is 13.1. The Morgan fingerprint density at radius 1 is 1.45 bits per heavy atom. The van der Waals surface area contributed by atoms with Gasteiger partial charge in [0.05, 0.1) is 36.9 Å². The van der Waals surface area contributed by atoms with Gasteiger partial charge in [-0.2, -0.15) is 0 Å². The van der Waals surface area contributed by atoms with E-state index < -0.39 is 11.7 Å². The highest BCUT2D eigenvalue weighted by Crippen LogP contribution is 2.18. The fourth-order valence-corrected chi connectivity index (χ4v) is 1.90. The summed E-state index contributed by atoms with van der Waals surface area (Å²) in [6, 6.07) is -0.0351. The molecule has 1 aromatic heterocycles. The Kier molecular flexibility index (Phi) is 5.56. The van der Waals surface area contributed by atoms with Gasteiger partial charge in [0.2, 0.25) is 0 Å². The van der Waals surface area contributed by atoms with Gasteiger partial charge in [-0.15, -0.1) is 0 Å². The molecule has 0 fully saturated rings. The number of aromatic nitrogens is 2. The highest BCUT2D eigenvalue weighted by Gasteiger charge is 2.21. The van der Waals surface area contributed by atoms with E-state index in [1.165, 1.54) is 0 Å². The van der Waals surface area contributed by atoms with Crippen molar-refractivity contribution in [2.75, 3.05) is 13.7 Å². The summed E-state index contributed by atoms with van der Waals surface area (Å²) in [4.78, 5) is 15.9. The van der Waals surface area contributed by atoms with Crippen LogP contribution >= 0.6 is 0 Å². The van der Waals surface area contributed by atoms with E-state index in [-0.39, 0.29) is 12.1 Å². The van der Waals surface area contributed by atoms with E-state index in [0.717, 1.165) is 5.69 Å². The second kappa shape index (κ2) is 6.74. The van der Waals surface area contributed by atoms with Gasteiger partial charge in [0.1, 0.15) is 5.60 Å². The van der Waals surface area contributed by atoms with Crippen LogP contribution in [-0.4, -0.2) is 35.0 Å². The van der Waals surface area contributed by atoms with Gasteiger partial charge in [-0.25, -0.2) is 9.78 Å². The van der Waals surface area contributed by atoms with Crippen LogP contribution in [0.15, 0.2) is 12.5 Å². The van der Waals surface area contributed by atoms with Crippen LogP contribution in [0.5, 0.6) is 0 Å². The van der Waals surface area contributed by atoms with Gasteiger partial charge in [-0.05, 0) is 34.6 Å². The number of amides is 1.